The molecule has 1 atom stereocenters. The van der Waals surface area contributed by atoms with Crippen LogP contribution in [0.4, 0.5) is 0 Å². The summed E-state index contributed by atoms with van der Waals surface area (Å²) in [7, 11) is 1.54. The van der Waals surface area contributed by atoms with Crippen LogP contribution >= 0.6 is 0 Å². The summed E-state index contributed by atoms with van der Waals surface area (Å²) in [5.41, 5.74) is 0.834. The Morgan fingerprint density at radius 3 is 3.06 bits per heavy atom. The van der Waals surface area contributed by atoms with Crippen LogP contribution in [0.1, 0.15) is 25.3 Å². The number of rotatable bonds is 6. The molecule has 17 heavy (non-hydrogen) atoms. The Hall–Kier alpha value is -1.62. The molecule has 1 aromatic heterocycles. The van der Waals surface area contributed by atoms with Crippen LogP contribution in [0.5, 0.6) is 5.88 Å². The maximum absolute atomic E-state index is 11.4. The fourth-order valence-corrected chi connectivity index (χ4v) is 1.36. The zero-order valence-electron chi connectivity index (χ0n) is 10.1. The summed E-state index contributed by atoms with van der Waals surface area (Å²) in [6.45, 7) is 2.05. The molecule has 5 nitrogen and oxygen atoms in total. The first-order chi connectivity index (χ1) is 8.13. The van der Waals surface area contributed by atoms with E-state index in [4.69, 9.17) is 9.84 Å². The summed E-state index contributed by atoms with van der Waals surface area (Å²) < 4.78 is 5.07. The summed E-state index contributed by atoms with van der Waals surface area (Å²) in [6, 6.07) is 3.64. The quantitative estimate of drug-likeness (QED) is 0.771. The SMILES string of the molecule is COc1ncccc1CNC(=O)CCC(C)O. The van der Waals surface area contributed by atoms with Crippen LogP contribution in [0.2, 0.25) is 0 Å². The molecule has 1 aromatic rings. The number of nitrogens with one attached hydrogen (secondary N) is 1. The van der Waals surface area contributed by atoms with Gasteiger partial charge in [0.05, 0.1) is 13.2 Å². The third kappa shape index (κ3) is 4.82. The van der Waals surface area contributed by atoms with Crippen LogP contribution < -0.4 is 10.1 Å². The molecule has 0 spiro atoms. The highest BCUT2D eigenvalue weighted by Gasteiger charge is 2.07. The maximum atomic E-state index is 11.4. The minimum atomic E-state index is -0.450. The van der Waals surface area contributed by atoms with Crippen molar-refractivity contribution in [3.05, 3.63) is 23.9 Å². The number of nitrogens with zero attached hydrogens (tertiary/aromatic N) is 1. The van der Waals surface area contributed by atoms with Crippen LogP contribution in [-0.4, -0.2) is 29.2 Å². The standard InChI is InChI=1S/C12H18N2O3/c1-9(15)5-6-11(16)14-8-10-4-3-7-13-12(10)17-2/h3-4,7,9,15H,5-6,8H2,1-2H3,(H,14,16). The van der Waals surface area contributed by atoms with Crippen molar-refractivity contribution in [2.24, 2.45) is 0 Å². The maximum Gasteiger partial charge on any atom is 0.220 e. The van der Waals surface area contributed by atoms with E-state index in [2.05, 4.69) is 10.3 Å². The number of methoxy groups -OCH3 is 1. The summed E-state index contributed by atoms with van der Waals surface area (Å²) >= 11 is 0. The molecule has 0 aliphatic rings. The Labute approximate surface area is 101 Å². The van der Waals surface area contributed by atoms with Crippen LogP contribution in [0.3, 0.4) is 0 Å². The molecule has 2 N–H and O–H groups in total. The minimum Gasteiger partial charge on any atom is -0.481 e. The molecular formula is C12H18N2O3. The zero-order chi connectivity index (χ0) is 12.7. The number of amides is 1. The number of aliphatic hydroxyl groups excluding tert-OH is 1. The van der Waals surface area contributed by atoms with Crippen molar-refractivity contribution >= 4 is 5.91 Å². The lowest BCUT2D eigenvalue weighted by Gasteiger charge is -2.09. The molecular weight excluding hydrogens is 220 g/mol. The van der Waals surface area contributed by atoms with Gasteiger partial charge in [-0.25, -0.2) is 4.98 Å². The molecule has 1 amide bonds. The van der Waals surface area contributed by atoms with E-state index in [1.807, 2.05) is 6.07 Å². The molecule has 0 aromatic carbocycles. The van der Waals surface area contributed by atoms with Gasteiger partial charge in [-0.05, 0) is 19.4 Å². The molecule has 0 aliphatic heterocycles. The first-order valence-corrected chi connectivity index (χ1v) is 5.56. The van der Waals surface area contributed by atoms with Crippen LogP contribution in [0, 0.1) is 0 Å². The van der Waals surface area contributed by atoms with Crippen molar-refractivity contribution in [2.75, 3.05) is 7.11 Å². The van der Waals surface area contributed by atoms with Gasteiger partial charge >= 0.3 is 0 Å². The predicted octanol–water partition coefficient (Wildman–Crippen LogP) is 0.867. The molecule has 0 saturated heterocycles. The van der Waals surface area contributed by atoms with Gasteiger partial charge in [0.15, 0.2) is 0 Å². The average molecular weight is 238 g/mol. The van der Waals surface area contributed by atoms with E-state index in [1.54, 1.807) is 26.3 Å². The second-order valence-corrected chi connectivity index (χ2v) is 3.84. The summed E-state index contributed by atoms with van der Waals surface area (Å²) in [4.78, 5) is 15.5. The molecule has 0 bridgehead atoms. The Morgan fingerprint density at radius 1 is 1.65 bits per heavy atom. The van der Waals surface area contributed by atoms with Crippen molar-refractivity contribution in [3.63, 3.8) is 0 Å². The van der Waals surface area contributed by atoms with Gasteiger partial charge in [-0.3, -0.25) is 4.79 Å². The fraction of sp³-hybridized carbons (Fsp3) is 0.500. The summed E-state index contributed by atoms with van der Waals surface area (Å²) in [6.07, 6.45) is 1.97. The van der Waals surface area contributed by atoms with Crippen molar-refractivity contribution in [3.8, 4) is 5.88 Å². The number of aromatic nitrogens is 1. The largest absolute Gasteiger partial charge is 0.481 e. The lowest BCUT2D eigenvalue weighted by atomic mass is 10.2. The van der Waals surface area contributed by atoms with E-state index >= 15 is 0 Å². The number of hydrogen-bond acceptors (Lipinski definition) is 4. The normalized spacial score (nSPS) is 11.9. The van der Waals surface area contributed by atoms with Crippen molar-refractivity contribution in [2.45, 2.75) is 32.4 Å². The summed E-state index contributed by atoms with van der Waals surface area (Å²) in [5.74, 6) is 0.431. The number of carbonyl (C=O) groups is 1. The van der Waals surface area contributed by atoms with E-state index in [0.29, 0.717) is 25.3 Å². The van der Waals surface area contributed by atoms with E-state index in [9.17, 15) is 4.79 Å². The number of carbonyl (C=O) groups excluding carboxylic acids is 1. The third-order valence-electron chi connectivity index (χ3n) is 2.31. The molecule has 5 heteroatoms. The van der Waals surface area contributed by atoms with Gasteiger partial charge in [0, 0.05) is 24.7 Å². The van der Waals surface area contributed by atoms with Gasteiger partial charge in [0.25, 0.3) is 0 Å². The molecule has 94 valence electrons. The fourth-order valence-electron chi connectivity index (χ4n) is 1.36. The van der Waals surface area contributed by atoms with Crippen molar-refractivity contribution in [1.29, 1.82) is 0 Å². The second-order valence-electron chi connectivity index (χ2n) is 3.84. The molecule has 1 heterocycles. The number of hydrogen-bond donors (Lipinski definition) is 2. The minimum absolute atomic E-state index is 0.0863. The van der Waals surface area contributed by atoms with Crippen molar-refractivity contribution < 1.29 is 14.6 Å². The average Bonchev–Trinajstić information content (AvgIpc) is 2.34. The molecule has 0 fully saturated rings. The van der Waals surface area contributed by atoms with Gasteiger partial charge in [-0.1, -0.05) is 6.07 Å². The first kappa shape index (κ1) is 13.4. The monoisotopic (exact) mass is 238 g/mol. The van der Waals surface area contributed by atoms with Crippen LogP contribution in [-0.2, 0) is 11.3 Å². The van der Waals surface area contributed by atoms with Crippen LogP contribution in [0.25, 0.3) is 0 Å². The highest BCUT2D eigenvalue weighted by atomic mass is 16.5. The van der Waals surface area contributed by atoms with Gasteiger partial charge in [-0.15, -0.1) is 0 Å². The van der Waals surface area contributed by atoms with E-state index in [1.165, 1.54) is 0 Å². The predicted molar refractivity (Wildman–Crippen MR) is 63.6 cm³/mol. The van der Waals surface area contributed by atoms with E-state index in [-0.39, 0.29) is 5.91 Å². The number of ether oxygens (including phenoxy) is 1. The Balaban J connectivity index is 2.42. The Kier molecular flexibility index (Phi) is 5.42. The lowest BCUT2D eigenvalue weighted by Crippen LogP contribution is -2.23. The van der Waals surface area contributed by atoms with Gasteiger partial charge in [0.1, 0.15) is 0 Å². The molecule has 0 aliphatic carbocycles. The molecule has 0 radical (unpaired) electrons. The molecule has 0 saturated carbocycles. The van der Waals surface area contributed by atoms with Gasteiger partial charge < -0.3 is 15.2 Å². The highest BCUT2D eigenvalue weighted by molar-refractivity contribution is 5.75. The van der Waals surface area contributed by atoms with E-state index < -0.39 is 6.10 Å². The van der Waals surface area contributed by atoms with E-state index in [0.717, 1.165) is 5.56 Å². The summed E-state index contributed by atoms with van der Waals surface area (Å²) in [5, 5.41) is 11.8. The number of aliphatic hydroxyl groups is 1. The lowest BCUT2D eigenvalue weighted by molar-refractivity contribution is -0.121. The topological polar surface area (TPSA) is 71.5 Å². The second kappa shape index (κ2) is 6.85. The van der Waals surface area contributed by atoms with Gasteiger partial charge in [0.2, 0.25) is 11.8 Å². The third-order valence-corrected chi connectivity index (χ3v) is 2.31. The van der Waals surface area contributed by atoms with Crippen LogP contribution in [0.15, 0.2) is 18.3 Å². The first-order valence-electron chi connectivity index (χ1n) is 5.56. The smallest absolute Gasteiger partial charge is 0.220 e. The highest BCUT2D eigenvalue weighted by Crippen LogP contribution is 2.12. The molecule has 1 rings (SSSR count). The Morgan fingerprint density at radius 2 is 2.41 bits per heavy atom. The zero-order valence-corrected chi connectivity index (χ0v) is 10.1. The molecule has 1 unspecified atom stereocenters. The van der Waals surface area contributed by atoms with Gasteiger partial charge in [-0.2, -0.15) is 0 Å². The number of pyridine rings is 1. The Bertz CT molecular complexity index is 367. The van der Waals surface area contributed by atoms with Crippen molar-refractivity contribution in [1.82, 2.24) is 10.3 Å².